The normalized spacial score (nSPS) is 14.7. The predicted molar refractivity (Wildman–Crippen MR) is 150 cm³/mol. The average Bonchev–Trinajstić information content (AvgIpc) is 2.90. The molecule has 4 rings (SSSR count). The minimum absolute atomic E-state index is 0. The van der Waals surface area contributed by atoms with E-state index < -0.39 is 15.9 Å². The van der Waals surface area contributed by atoms with Gasteiger partial charge < -0.3 is 14.8 Å². The number of carbonyl (C=O) groups excluding carboxylic acids is 1. The maximum atomic E-state index is 13.9. The number of likely N-dealkylation sites (N-methyl/N-ethyl adjacent to an activating group) is 1. The monoisotopic (exact) mass is 558 g/mol. The number of pyridine rings is 1. The zero-order valence-electron chi connectivity index (χ0n) is 21.3. The van der Waals surface area contributed by atoms with Crippen LogP contribution in [0.1, 0.15) is 11.1 Å². The zero-order valence-corrected chi connectivity index (χ0v) is 22.9. The number of rotatable bonds is 8. The van der Waals surface area contributed by atoms with Crippen LogP contribution in [0.15, 0.2) is 78.0 Å². The van der Waals surface area contributed by atoms with Gasteiger partial charge >= 0.3 is 0 Å². The number of nitrogens with zero attached hydrogens (tertiary/aromatic N) is 4. The van der Waals surface area contributed by atoms with Gasteiger partial charge in [0, 0.05) is 38.3 Å². The Balaban J connectivity index is 0.00000400. The van der Waals surface area contributed by atoms with Crippen LogP contribution in [0.4, 0.5) is 5.69 Å². The fourth-order valence-electron chi connectivity index (χ4n) is 4.05. The summed E-state index contributed by atoms with van der Waals surface area (Å²) in [4.78, 5) is 17.8. The number of piperazine rings is 1. The topological polar surface area (TPSA) is 97.1 Å². The number of sulfonamides is 1. The van der Waals surface area contributed by atoms with Gasteiger partial charge in [0.2, 0.25) is 0 Å². The Hall–Kier alpha value is -3.44. The summed E-state index contributed by atoms with van der Waals surface area (Å²) in [7, 11) is -0.718. The average molecular weight is 559 g/mol. The molecule has 2 aromatic carbocycles. The molecule has 2 heterocycles. The molecule has 38 heavy (non-hydrogen) atoms. The second kappa shape index (κ2) is 12.9. The van der Waals surface area contributed by atoms with Crippen LogP contribution in [0, 0.1) is 5.21 Å². The molecule has 0 unspecified atom stereocenters. The molecule has 0 saturated carbocycles. The predicted octanol–water partition coefficient (Wildman–Crippen LogP) is 2.89. The number of carbonyl (C=O) groups is 1. The number of halogens is 1. The van der Waals surface area contributed by atoms with Crippen LogP contribution in [0.25, 0.3) is 12.2 Å². The van der Waals surface area contributed by atoms with Gasteiger partial charge in [0.15, 0.2) is 12.4 Å². The van der Waals surface area contributed by atoms with Crippen molar-refractivity contribution in [3.63, 3.8) is 0 Å². The molecule has 1 amide bonds. The first-order valence-electron chi connectivity index (χ1n) is 11.9. The van der Waals surface area contributed by atoms with E-state index in [4.69, 9.17) is 4.74 Å². The number of hydrogen-bond acceptors (Lipinski definition) is 7. The van der Waals surface area contributed by atoms with Crippen LogP contribution in [-0.2, 0) is 14.8 Å². The van der Waals surface area contributed by atoms with E-state index in [-0.39, 0.29) is 29.5 Å². The van der Waals surface area contributed by atoms with Crippen LogP contribution in [-0.4, -0.2) is 71.0 Å². The first-order chi connectivity index (χ1) is 17.8. The van der Waals surface area contributed by atoms with Gasteiger partial charge in [0.05, 0.1) is 24.2 Å². The molecular formula is C27H31ClN4O5S. The molecule has 3 aromatic rings. The number of aromatic nitrogens is 1. The summed E-state index contributed by atoms with van der Waals surface area (Å²) in [5.41, 5.74) is 1.56. The molecule has 0 N–H and O–H groups in total. The lowest BCUT2D eigenvalue weighted by Crippen LogP contribution is -2.50. The summed E-state index contributed by atoms with van der Waals surface area (Å²) in [6.07, 6.45) is 6.26. The standard InChI is InChI=1S/C27H30N4O5S.ClH/c1-28-17-19-29(20-18-28)21-27(32)31(37(34,35)25-11-9-24(36-2)10-12-25)26-6-4-3-5-23(26)8-7-22-13-15-30(33)16-14-22;/h3-16H,17-21H2,1-2H3;1H/b8-7+;. The second-order valence-electron chi connectivity index (χ2n) is 8.80. The van der Waals surface area contributed by atoms with Crippen LogP contribution in [0.2, 0.25) is 0 Å². The summed E-state index contributed by atoms with van der Waals surface area (Å²) in [6, 6.07) is 16.1. The van der Waals surface area contributed by atoms with E-state index in [0.717, 1.165) is 23.0 Å². The molecule has 0 atom stereocenters. The largest absolute Gasteiger partial charge is 0.619 e. The third-order valence-corrected chi connectivity index (χ3v) is 7.97. The van der Waals surface area contributed by atoms with Gasteiger partial charge in [-0.25, -0.2) is 12.7 Å². The highest BCUT2D eigenvalue weighted by molar-refractivity contribution is 7.93. The number of benzene rings is 2. The number of anilines is 1. The fraction of sp³-hybridized carbons (Fsp3) is 0.259. The molecule has 0 aliphatic carbocycles. The summed E-state index contributed by atoms with van der Waals surface area (Å²) in [5.74, 6) is -0.0202. The van der Waals surface area contributed by atoms with E-state index in [9.17, 15) is 18.4 Å². The number of para-hydroxylation sites is 1. The Morgan fingerprint density at radius 1 is 1.00 bits per heavy atom. The maximum absolute atomic E-state index is 13.9. The van der Waals surface area contributed by atoms with Crippen molar-refractivity contribution in [3.8, 4) is 5.75 Å². The number of amides is 1. The van der Waals surface area contributed by atoms with Gasteiger partial charge in [0.1, 0.15) is 5.75 Å². The molecule has 0 spiro atoms. The SMILES string of the molecule is COc1ccc(S(=O)(=O)N(C(=O)CN2CCN(C)CC2)c2ccccc2/C=C/c2cc[n+]([O-])cc2)cc1.Cl. The van der Waals surface area contributed by atoms with Crippen molar-refractivity contribution < 1.29 is 22.7 Å². The molecule has 1 aromatic heterocycles. The lowest BCUT2D eigenvalue weighted by molar-refractivity contribution is -0.605. The molecule has 1 saturated heterocycles. The minimum atomic E-state index is -4.24. The van der Waals surface area contributed by atoms with E-state index in [1.807, 2.05) is 11.9 Å². The quantitative estimate of drug-likeness (QED) is 0.310. The minimum Gasteiger partial charge on any atom is -0.619 e. The lowest BCUT2D eigenvalue weighted by Gasteiger charge is -2.33. The molecule has 202 valence electrons. The number of hydrogen-bond donors (Lipinski definition) is 0. The molecule has 0 bridgehead atoms. The van der Waals surface area contributed by atoms with Crippen LogP contribution >= 0.6 is 12.4 Å². The fourth-order valence-corrected chi connectivity index (χ4v) is 5.49. The summed E-state index contributed by atoms with van der Waals surface area (Å²) in [5, 5.41) is 11.3. The van der Waals surface area contributed by atoms with Gasteiger partial charge in [-0.05, 0) is 48.5 Å². The summed E-state index contributed by atoms with van der Waals surface area (Å²) in [6.45, 7) is 2.93. The Labute approximate surface area is 229 Å². The zero-order chi connectivity index (χ0) is 26.4. The third-order valence-electron chi connectivity index (χ3n) is 6.22. The van der Waals surface area contributed by atoms with Crippen LogP contribution in [0.5, 0.6) is 5.75 Å². The van der Waals surface area contributed by atoms with Crippen molar-refractivity contribution in [2.45, 2.75) is 4.90 Å². The Bertz CT molecular complexity index is 1360. The van der Waals surface area contributed by atoms with Crippen molar-refractivity contribution in [3.05, 3.63) is 89.4 Å². The van der Waals surface area contributed by atoms with Gasteiger partial charge in [-0.2, -0.15) is 4.73 Å². The van der Waals surface area contributed by atoms with E-state index in [0.29, 0.717) is 29.1 Å². The van der Waals surface area contributed by atoms with E-state index >= 15 is 0 Å². The molecular weight excluding hydrogens is 528 g/mol. The number of ether oxygens (including phenoxy) is 1. The molecule has 1 aliphatic rings. The van der Waals surface area contributed by atoms with Crippen molar-refractivity contribution >= 4 is 46.2 Å². The Kier molecular flexibility index (Phi) is 9.87. The highest BCUT2D eigenvalue weighted by atomic mass is 35.5. The van der Waals surface area contributed by atoms with E-state index in [2.05, 4.69) is 4.90 Å². The second-order valence-corrected chi connectivity index (χ2v) is 10.6. The molecule has 9 nitrogen and oxygen atoms in total. The van der Waals surface area contributed by atoms with Crippen molar-refractivity contribution in [1.29, 1.82) is 0 Å². The first-order valence-corrected chi connectivity index (χ1v) is 13.3. The smallest absolute Gasteiger partial charge is 0.270 e. The third kappa shape index (κ3) is 6.90. The van der Waals surface area contributed by atoms with Crippen molar-refractivity contribution in [1.82, 2.24) is 9.80 Å². The van der Waals surface area contributed by atoms with E-state index in [1.165, 1.54) is 31.6 Å². The van der Waals surface area contributed by atoms with Crippen molar-refractivity contribution in [2.24, 2.45) is 0 Å². The first kappa shape index (κ1) is 29.1. The molecule has 0 radical (unpaired) electrons. The van der Waals surface area contributed by atoms with Gasteiger partial charge in [-0.1, -0.05) is 30.4 Å². The summed E-state index contributed by atoms with van der Waals surface area (Å²) < 4.78 is 34.6. The number of methoxy groups -OCH3 is 1. The highest BCUT2D eigenvalue weighted by Crippen LogP contribution is 2.30. The van der Waals surface area contributed by atoms with Crippen LogP contribution in [0.3, 0.4) is 0 Å². The van der Waals surface area contributed by atoms with Gasteiger partial charge in [-0.3, -0.25) is 9.69 Å². The Morgan fingerprint density at radius 2 is 1.63 bits per heavy atom. The molecule has 11 heteroatoms. The Morgan fingerprint density at radius 3 is 2.26 bits per heavy atom. The maximum Gasteiger partial charge on any atom is 0.270 e. The van der Waals surface area contributed by atoms with Gasteiger partial charge in [0.25, 0.3) is 15.9 Å². The summed E-state index contributed by atoms with van der Waals surface area (Å²) >= 11 is 0. The molecule has 1 aliphatic heterocycles. The highest BCUT2D eigenvalue weighted by Gasteiger charge is 2.33. The van der Waals surface area contributed by atoms with Crippen LogP contribution < -0.4 is 13.8 Å². The van der Waals surface area contributed by atoms with Crippen molar-refractivity contribution in [2.75, 3.05) is 51.2 Å². The molecule has 1 fully saturated rings. The lowest BCUT2D eigenvalue weighted by atomic mass is 10.1. The van der Waals surface area contributed by atoms with E-state index in [1.54, 1.807) is 60.7 Å². The van der Waals surface area contributed by atoms with Gasteiger partial charge in [-0.15, -0.1) is 12.4 Å².